The van der Waals surface area contributed by atoms with Gasteiger partial charge in [0, 0.05) is 13.0 Å². The van der Waals surface area contributed by atoms with Crippen LogP contribution in [0.4, 0.5) is 0 Å². The normalized spacial score (nSPS) is 18.7. The predicted molar refractivity (Wildman–Crippen MR) is 86.1 cm³/mol. The van der Waals surface area contributed by atoms with Crippen molar-refractivity contribution in [2.75, 3.05) is 13.2 Å². The van der Waals surface area contributed by atoms with E-state index in [1.807, 2.05) is 42.5 Å². The van der Waals surface area contributed by atoms with Crippen molar-refractivity contribution >= 4 is 22.6 Å². The lowest BCUT2D eigenvalue weighted by molar-refractivity contribution is -0.142. The molecule has 1 fully saturated rings. The molecule has 0 bridgehead atoms. The molecule has 1 saturated heterocycles. The number of fused-ring (bicyclic) bond motifs is 1. The van der Waals surface area contributed by atoms with Crippen molar-refractivity contribution in [1.29, 1.82) is 0 Å². The molecule has 3 rings (SSSR count). The molecule has 1 aliphatic heterocycles. The molecular formula is C18H19NO4. The molecule has 0 unspecified atom stereocenters. The molecule has 23 heavy (non-hydrogen) atoms. The summed E-state index contributed by atoms with van der Waals surface area (Å²) in [7, 11) is 0. The van der Waals surface area contributed by atoms with Crippen molar-refractivity contribution in [3.05, 3.63) is 48.0 Å². The van der Waals surface area contributed by atoms with Gasteiger partial charge in [0.15, 0.2) is 0 Å². The van der Waals surface area contributed by atoms with Gasteiger partial charge in [-0.25, -0.2) is 4.79 Å². The molecule has 5 heteroatoms. The van der Waals surface area contributed by atoms with E-state index in [9.17, 15) is 14.7 Å². The molecule has 1 heterocycles. The maximum absolute atomic E-state index is 12.1. The first kappa shape index (κ1) is 15.5. The molecule has 0 aromatic heterocycles. The minimum Gasteiger partial charge on any atom is -0.480 e. The average Bonchev–Trinajstić information content (AvgIpc) is 3.08. The number of carbonyl (C=O) groups excluding carboxylic acids is 1. The second-order valence-electron chi connectivity index (χ2n) is 5.85. The number of nitrogens with one attached hydrogen (secondary N) is 1. The number of aliphatic carboxylic acids is 1. The third-order valence-electron chi connectivity index (χ3n) is 4.17. The Morgan fingerprint density at radius 3 is 2.70 bits per heavy atom. The molecule has 0 radical (unpaired) electrons. The van der Waals surface area contributed by atoms with Gasteiger partial charge in [-0.2, -0.15) is 0 Å². The average molecular weight is 313 g/mol. The fourth-order valence-electron chi connectivity index (χ4n) is 2.83. The molecule has 120 valence electrons. The number of hydrogen-bond acceptors (Lipinski definition) is 3. The van der Waals surface area contributed by atoms with Crippen molar-refractivity contribution in [1.82, 2.24) is 5.32 Å². The molecule has 2 aromatic carbocycles. The van der Waals surface area contributed by atoms with Gasteiger partial charge in [-0.05, 0) is 22.8 Å². The summed E-state index contributed by atoms with van der Waals surface area (Å²) in [5, 5.41) is 14.2. The number of amides is 1. The standard InChI is InChI=1S/C18H19NO4/c20-17(15-7-8-23-11-15)19-16(18(21)22)10-12-5-6-13-3-1-2-4-14(13)9-12/h1-6,9,15-16H,7-8,10-11H2,(H,19,20)(H,21,22)/t15-,16-/m1/s1. The Morgan fingerprint density at radius 2 is 2.00 bits per heavy atom. The zero-order valence-corrected chi connectivity index (χ0v) is 12.7. The molecule has 2 atom stereocenters. The van der Waals surface area contributed by atoms with Crippen LogP contribution in [0.3, 0.4) is 0 Å². The Balaban J connectivity index is 1.72. The fourth-order valence-corrected chi connectivity index (χ4v) is 2.83. The summed E-state index contributed by atoms with van der Waals surface area (Å²) in [5.41, 5.74) is 0.888. The van der Waals surface area contributed by atoms with Crippen LogP contribution in [0, 0.1) is 5.92 Å². The Kier molecular flexibility index (Phi) is 4.57. The first-order chi connectivity index (χ1) is 11.1. The largest absolute Gasteiger partial charge is 0.480 e. The van der Waals surface area contributed by atoms with Crippen LogP contribution in [0.5, 0.6) is 0 Å². The highest BCUT2D eigenvalue weighted by Crippen LogP contribution is 2.17. The van der Waals surface area contributed by atoms with Crippen molar-refractivity contribution < 1.29 is 19.4 Å². The van der Waals surface area contributed by atoms with Crippen LogP contribution in [0.2, 0.25) is 0 Å². The molecule has 0 aliphatic carbocycles. The molecule has 2 aromatic rings. The van der Waals surface area contributed by atoms with Crippen LogP contribution in [0.1, 0.15) is 12.0 Å². The predicted octanol–water partition coefficient (Wildman–Crippen LogP) is 1.99. The molecule has 1 aliphatic rings. The summed E-state index contributed by atoms with van der Waals surface area (Å²) in [6.45, 7) is 0.925. The number of benzene rings is 2. The van der Waals surface area contributed by atoms with Crippen molar-refractivity contribution in [3.63, 3.8) is 0 Å². The highest BCUT2D eigenvalue weighted by atomic mass is 16.5. The van der Waals surface area contributed by atoms with Gasteiger partial charge in [0.25, 0.3) is 0 Å². The molecule has 1 amide bonds. The Bertz CT molecular complexity index is 722. The summed E-state index contributed by atoms with van der Waals surface area (Å²) in [5.74, 6) is -1.51. The lowest BCUT2D eigenvalue weighted by Gasteiger charge is -2.17. The van der Waals surface area contributed by atoms with E-state index in [0.29, 0.717) is 19.6 Å². The molecule has 5 nitrogen and oxygen atoms in total. The summed E-state index contributed by atoms with van der Waals surface area (Å²) in [6.07, 6.45) is 0.910. The molecule has 2 N–H and O–H groups in total. The maximum Gasteiger partial charge on any atom is 0.326 e. The van der Waals surface area contributed by atoms with Crippen molar-refractivity contribution in [2.45, 2.75) is 18.9 Å². The number of ether oxygens (including phenoxy) is 1. The second kappa shape index (κ2) is 6.79. The number of carboxylic acid groups (broad SMARTS) is 1. The first-order valence-electron chi connectivity index (χ1n) is 7.72. The topological polar surface area (TPSA) is 75.6 Å². The molecular weight excluding hydrogens is 294 g/mol. The van der Waals surface area contributed by atoms with E-state index in [4.69, 9.17) is 4.74 Å². The maximum atomic E-state index is 12.1. The summed E-state index contributed by atoms with van der Waals surface area (Å²) in [6, 6.07) is 12.8. The Labute approximate surface area is 134 Å². The van der Waals surface area contributed by atoms with Crippen LogP contribution < -0.4 is 5.32 Å². The number of rotatable bonds is 5. The highest BCUT2D eigenvalue weighted by Gasteiger charge is 2.28. The van der Waals surface area contributed by atoms with E-state index < -0.39 is 12.0 Å². The van der Waals surface area contributed by atoms with E-state index in [2.05, 4.69) is 5.32 Å². The van der Waals surface area contributed by atoms with Gasteiger partial charge in [-0.1, -0.05) is 42.5 Å². The fraction of sp³-hybridized carbons (Fsp3) is 0.333. The third kappa shape index (κ3) is 3.68. The zero-order chi connectivity index (χ0) is 16.2. The minimum atomic E-state index is -1.02. The van der Waals surface area contributed by atoms with Gasteiger partial charge in [0.05, 0.1) is 12.5 Å². The van der Waals surface area contributed by atoms with Crippen molar-refractivity contribution in [2.24, 2.45) is 5.92 Å². The summed E-state index contributed by atoms with van der Waals surface area (Å²) >= 11 is 0. The Morgan fingerprint density at radius 1 is 1.22 bits per heavy atom. The van der Waals surface area contributed by atoms with E-state index in [1.165, 1.54) is 0 Å². The third-order valence-corrected chi connectivity index (χ3v) is 4.17. The van der Waals surface area contributed by atoms with Crippen LogP contribution in [0.15, 0.2) is 42.5 Å². The van der Waals surface area contributed by atoms with Crippen LogP contribution >= 0.6 is 0 Å². The van der Waals surface area contributed by atoms with Gasteiger partial charge >= 0.3 is 5.97 Å². The highest BCUT2D eigenvalue weighted by molar-refractivity contribution is 5.86. The summed E-state index contributed by atoms with van der Waals surface area (Å²) < 4.78 is 5.18. The van der Waals surface area contributed by atoms with Crippen LogP contribution in [-0.2, 0) is 20.7 Å². The number of carbonyl (C=O) groups is 2. The van der Waals surface area contributed by atoms with Gasteiger partial charge in [0.2, 0.25) is 5.91 Å². The van der Waals surface area contributed by atoms with Gasteiger partial charge in [-0.3, -0.25) is 4.79 Å². The summed E-state index contributed by atoms with van der Waals surface area (Å²) in [4.78, 5) is 23.6. The quantitative estimate of drug-likeness (QED) is 0.885. The minimum absolute atomic E-state index is 0.240. The van der Waals surface area contributed by atoms with E-state index in [-0.39, 0.29) is 18.2 Å². The number of carboxylic acids is 1. The van der Waals surface area contributed by atoms with Gasteiger partial charge in [-0.15, -0.1) is 0 Å². The van der Waals surface area contributed by atoms with Crippen LogP contribution in [-0.4, -0.2) is 36.2 Å². The van der Waals surface area contributed by atoms with E-state index in [1.54, 1.807) is 0 Å². The van der Waals surface area contributed by atoms with E-state index >= 15 is 0 Å². The van der Waals surface area contributed by atoms with Gasteiger partial charge in [0.1, 0.15) is 6.04 Å². The number of hydrogen-bond donors (Lipinski definition) is 2. The van der Waals surface area contributed by atoms with Crippen LogP contribution in [0.25, 0.3) is 10.8 Å². The van der Waals surface area contributed by atoms with E-state index in [0.717, 1.165) is 16.3 Å². The lowest BCUT2D eigenvalue weighted by atomic mass is 10.0. The Hall–Kier alpha value is -2.40. The first-order valence-corrected chi connectivity index (χ1v) is 7.72. The smallest absolute Gasteiger partial charge is 0.326 e. The monoisotopic (exact) mass is 313 g/mol. The van der Waals surface area contributed by atoms with Crippen molar-refractivity contribution in [3.8, 4) is 0 Å². The second-order valence-corrected chi connectivity index (χ2v) is 5.85. The zero-order valence-electron chi connectivity index (χ0n) is 12.7. The SMILES string of the molecule is O=C(N[C@H](Cc1ccc2ccccc2c1)C(=O)O)[C@@H]1CCOC1. The molecule has 0 spiro atoms. The lowest BCUT2D eigenvalue weighted by Crippen LogP contribution is -2.45. The molecule has 0 saturated carbocycles. The van der Waals surface area contributed by atoms with Gasteiger partial charge < -0.3 is 15.2 Å².